The lowest BCUT2D eigenvalue weighted by Crippen LogP contribution is -2.14. The molecule has 2 unspecified atom stereocenters. The minimum Gasteiger partial charge on any atom is -0.323 e. The van der Waals surface area contributed by atoms with Gasteiger partial charge in [-0.2, -0.15) is 0 Å². The van der Waals surface area contributed by atoms with Gasteiger partial charge in [0.25, 0.3) is 0 Å². The second-order valence-electron chi connectivity index (χ2n) is 5.15. The van der Waals surface area contributed by atoms with Crippen LogP contribution in [0.3, 0.4) is 0 Å². The van der Waals surface area contributed by atoms with E-state index in [4.69, 9.17) is 11.6 Å². The van der Waals surface area contributed by atoms with Gasteiger partial charge >= 0.3 is 0 Å². The normalized spacial score (nSPS) is 23.2. The molecule has 0 bridgehead atoms. The number of hydrogen-bond acceptors (Lipinski definition) is 3. The molecule has 20 heavy (non-hydrogen) atoms. The van der Waals surface area contributed by atoms with Crippen LogP contribution in [0.4, 0.5) is 0 Å². The van der Waals surface area contributed by atoms with Gasteiger partial charge in [-0.3, -0.25) is 0 Å². The van der Waals surface area contributed by atoms with Crippen LogP contribution in [-0.4, -0.2) is 29.5 Å². The fourth-order valence-electron chi connectivity index (χ4n) is 2.73. The van der Waals surface area contributed by atoms with Crippen LogP contribution >= 0.6 is 27.5 Å². The van der Waals surface area contributed by atoms with Crippen molar-refractivity contribution in [2.75, 3.05) is 11.5 Å². The topological polar surface area (TPSA) is 52.0 Å². The van der Waals surface area contributed by atoms with E-state index in [1.54, 1.807) is 0 Å². The Balaban J connectivity index is 2.21. The van der Waals surface area contributed by atoms with E-state index < -0.39 is 9.84 Å². The smallest absolute Gasteiger partial charge is 0.152 e. The van der Waals surface area contributed by atoms with Gasteiger partial charge in [0.2, 0.25) is 0 Å². The van der Waals surface area contributed by atoms with Gasteiger partial charge in [-0.25, -0.2) is 13.4 Å². The molecule has 108 valence electrons. The standard InChI is InChI=1S/C13H14BrClN2O2S/c1-8(15)13-16-11-3-2-9(14)6-12(11)17(13)10-4-5-20(18,19)7-10/h2-3,6,8,10H,4-5,7H2,1H3. The Morgan fingerprint density at radius 2 is 2.25 bits per heavy atom. The van der Waals surface area contributed by atoms with Crippen molar-refractivity contribution in [3.63, 3.8) is 0 Å². The van der Waals surface area contributed by atoms with E-state index in [9.17, 15) is 8.42 Å². The fourth-order valence-corrected chi connectivity index (χ4v) is 4.93. The number of aromatic nitrogens is 2. The van der Waals surface area contributed by atoms with Crippen LogP contribution in [0.1, 0.15) is 30.6 Å². The number of hydrogen-bond donors (Lipinski definition) is 0. The molecule has 1 aromatic carbocycles. The maximum Gasteiger partial charge on any atom is 0.152 e. The highest BCUT2D eigenvalue weighted by Crippen LogP contribution is 2.34. The molecule has 1 fully saturated rings. The number of benzene rings is 1. The quantitative estimate of drug-likeness (QED) is 0.753. The van der Waals surface area contributed by atoms with Crippen molar-refractivity contribution in [2.45, 2.75) is 24.8 Å². The molecule has 7 heteroatoms. The first-order valence-corrected chi connectivity index (χ1v) is 9.44. The predicted molar refractivity (Wildman–Crippen MR) is 84.0 cm³/mol. The zero-order valence-electron chi connectivity index (χ0n) is 10.9. The van der Waals surface area contributed by atoms with E-state index in [1.165, 1.54) is 0 Å². The molecule has 0 radical (unpaired) electrons. The second kappa shape index (κ2) is 5.00. The number of imidazole rings is 1. The molecule has 2 atom stereocenters. The molecule has 1 aromatic heterocycles. The lowest BCUT2D eigenvalue weighted by molar-refractivity contribution is 0.545. The molecule has 4 nitrogen and oxygen atoms in total. The molecule has 0 saturated carbocycles. The molecule has 0 N–H and O–H groups in total. The molecule has 3 rings (SSSR count). The van der Waals surface area contributed by atoms with Gasteiger partial charge in [0, 0.05) is 4.47 Å². The van der Waals surface area contributed by atoms with Gasteiger partial charge < -0.3 is 4.57 Å². The third-order valence-electron chi connectivity index (χ3n) is 3.61. The number of nitrogens with zero attached hydrogens (tertiary/aromatic N) is 2. The highest BCUT2D eigenvalue weighted by atomic mass is 79.9. The molecule has 1 saturated heterocycles. The molecule has 0 aliphatic carbocycles. The Morgan fingerprint density at radius 3 is 2.85 bits per heavy atom. The molecule has 2 aromatic rings. The first kappa shape index (κ1) is 14.4. The van der Waals surface area contributed by atoms with E-state index >= 15 is 0 Å². The van der Waals surface area contributed by atoms with E-state index in [-0.39, 0.29) is 22.9 Å². The van der Waals surface area contributed by atoms with E-state index in [0.717, 1.165) is 21.3 Å². The van der Waals surface area contributed by atoms with E-state index in [0.29, 0.717) is 6.42 Å². The third-order valence-corrected chi connectivity index (χ3v) is 6.05. The number of fused-ring (bicyclic) bond motifs is 1. The molecule has 0 spiro atoms. The molecule has 1 aliphatic rings. The van der Waals surface area contributed by atoms with Crippen LogP contribution < -0.4 is 0 Å². The minimum atomic E-state index is -2.95. The first-order chi connectivity index (χ1) is 9.37. The number of sulfone groups is 1. The second-order valence-corrected chi connectivity index (χ2v) is 8.94. The van der Waals surface area contributed by atoms with Crippen molar-refractivity contribution in [1.29, 1.82) is 0 Å². The van der Waals surface area contributed by atoms with Crippen LogP contribution in [0.15, 0.2) is 22.7 Å². The van der Waals surface area contributed by atoms with Gasteiger partial charge in [0.05, 0.1) is 34.0 Å². The fraction of sp³-hybridized carbons (Fsp3) is 0.462. The number of alkyl halides is 1. The lowest BCUT2D eigenvalue weighted by atomic mass is 10.2. The molecule has 2 heterocycles. The third kappa shape index (κ3) is 2.49. The van der Waals surface area contributed by atoms with Gasteiger partial charge in [-0.15, -0.1) is 11.6 Å². The predicted octanol–water partition coefficient (Wildman–Crippen LogP) is 3.46. The lowest BCUT2D eigenvalue weighted by Gasteiger charge is -2.16. The average Bonchev–Trinajstić information content (AvgIpc) is 2.88. The van der Waals surface area contributed by atoms with Gasteiger partial charge in [0.1, 0.15) is 5.82 Å². The van der Waals surface area contributed by atoms with Crippen LogP contribution in [0.5, 0.6) is 0 Å². The Morgan fingerprint density at radius 1 is 1.50 bits per heavy atom. The summed E-state index contributed by atoms with van der Waals surface area (Å²) in [5.41, 5.74) is 1.78. The number of rotatable bonds is 2. The SMILES string of the molecule is CC(Cl)c1nc2ccc(Br)cc2n1C1CCS(=O)(=O)C1. The average molecular weight is 378 g/mol. The molecular weight excluding hydrogens is 364 g/mol. The molecular formula is C13H14BrClN2O2S. The number of halogens is 2. The summed E-state index contributed by atoms with van der Waals surface area (Å²) in [7, 11) is -2.95. The first-order valence-electron chi connectivity index (χ1n) is 6.39. The summed E-state index contributed by atoms with van der Waals surface area (Å²) in [5.74, 6) is 1.14. The Kier molecular flexibility index (Phi) is 3.59. The van der Waals surface area contributed by atoms with E-state index in [1.807, 2.05) is 29.7 Å². The van der Waals surface area contributed by atoms with Gasteiger partial charge in [-0.1, -0.05) is 15.9 Å². The summed E-state index contributed by atoms with van der Waals surface area (Å²) in [5, 5.41) is -0.260. The Hall–Kier alpha value is -0.590. The summed E-state index contributed by atoms with van der Waals surface area (Å²) in [6.45, 7) is 1.86. The summed E-state index contributed by atoms with van der Waals surface area (Å²) < 4.78 is 26.4. The van der Waals surface area contributed by atoms with Crippen LogP contribution in [0, 0.1) is 0 Å². The summed E-state index contributed by atoms with van der Waals surface area (Å²) in [6.07, 6.45) is 0.622. The van der Waals surface area contributed by atoms with Crippen LogP contribution in [0.2, 0.25) is 0 Å². The maximum atomic E-state index is 11.7. The van der Waals surface area contributed by atoms with Crippen molar-refractivity contribution >= 4 is 48.4 Å². The van der Waals surface area contributed by atoms with Crippen molar-refractivity contribution in [2.24, 2.45) is 0 Å². The summed E-state index contributed by atoms with van der Waals surface area (Å²) >= 11 is 9.68. The highest BCUT2D eigenvalue weighted by Gasteiger charge is 2.32. The molecule has 1 aliphatic heterocycles. The summed E-state index contributed by atoms with van der Waals surface area (Å²) in [6, 6.07) is 5.74. The van der Waals surface area contributed by atoms with Crippen LogP contribution in [-0.2, 0) is 9.84 Å². The zero-order valence-corrected chi connectivity index (χ0v) is 14.0. The molecule has 0 amide bonds. The zero-order chi connectivity index (χ0) is 14.5. The highest BCUT2D eigenvalue weighted by molar-refractivity contribution is 9.10. The van der Waals surface area contributed by atoms with Crippen molar-refractivity contribution in [3.8, 4) is 0 Å². The van der Waals surface area contributed by atoms with Crippen LogP contribution in [0.25, 0.3) is 11.0 Å². The minimum absolute atomic E-state index is 0.0736. The van der Waals surface area contributed by atoms with Crippen molar-refractivity contribution in [3.05, 3.63) is 28.5 Å². The monoisotopic (exact) mass is 376 g/mol. The largest absolute Gasteiger partial charge is 0.323 e. The summed E-state index contributed by atoms with van der Waals surface area (Å²) in [4.78, 5) is 4.56. The van der Waals surface area contributed by atoms with Gasteiger partial charge in [-0.05, 0) is 31.5 Å². The van der Waals surface area contributed by atoms with Crippen molar-refractivity contribution < 1.29 is 8.42 Å². The maximum absolute atomic E-state index is 11.7. The Bertz CT molecular complexity index is 770. The van der Waals surface area contributed by atoms with E-state index in [2.05, 4.69) is 20.9 Å². The van der Waals surface area contributed by atoms with Gasteiger partial charge in [0.15, 0.2) is 9.84 Å². The van der Waals surface area contributed by atoms with Crippen molar-refractivity contribution in [1.82, 2.24) is 9.55 Å². The Labute approximate surface area is 131 Å².